The van der Waals surface area contributed by atoms with Crippen LogP contribution in [0.15, 0.2) is 18.2 Å². The van der Waals surface area contributed by atoms with E-state index < -0.39 is 29.5 Å². The smallest absolute Gasteiger partial charge is 0.369 e. The molecule has 4 nitrogen and oxygen atoms in total. The molecule has 1 aromatic carbocycles. The molecule has 2 rings (SSSR count). The van der Waals surface area contributed by atoms with Gasteiger partial charge in [-0.25, -0.2) is 4.79 Å². The average molecular weight is 398 g/mol. The Bertz CT molecular complexity index is 686. The first-order chi connectivity index (χ1) is 12.3. The molecule has 0 aromatic heterocycles. The van der Waals surface area contributed by atoms with Gasteiger partial charge in [-0.2, -0.15) is 26.3 Å². The number of hydrogen-bond acceptors (Lipinski definition) is 2. The predicted molar refractivity (Wildman–Crippen MR) is 86.4 cm³/mol. The summed E-state index contributed by atoms with van der Waals surface area (Å²) in [7, 11) is 0. The molecule has 0 bridgehead atoms. The van der Waals surface area contributed by atoms with Crippen molar-refractivity contribution in [1.29, 1.82) is 0 Å². The highest BCUT2D eigenvalue weighted by Crippen LogP contribution is 2.50. The van der Waals surface area contributed by atoms with E-state index in [1.165, 1.54) is 4.90 Å². The summed E-state index contributed by atoms with van der Waals surface area (Å²) in [6.07, 6.45) is -10.7. The van der Waals surface area contributed by atoms with Crippen molar-refractivity contribution in [3.05, 3.63) is 29.3 Å². The molecule has 1 aromatic rings. The molecule has 0 unspecified atom stereocenters. The number of urea groups is 1. The Morgan fingerprint density at radius 2 is 1.70 bits per heavy atom. The molecule has 10 heteroatoms. The molecule has 27 heavy (non-hydrogen) atoms. The zero-order valence-electron chi connectivity index (χ0n) is 14.7. The number of carbonyl (C=O) groups excluding carboxylic acids is 1. The second-order valence-corrected chi connectivity index (χ2v) is 6.76. The minimum absolute atomic E-state index is 0.149. The van der Waals surface area contributed by atoms with Crippen LogP contribution in [-0.4, -0.2) is 36.1 Å². The van der Waals surface area contributed by atoms with Gasteiger partial charge in [-0.1, -0.05) is 12.1 Å². The number of alkyl halides is 6. The Hall–Kier alpha value is -1.97. The minimum Gasteiger partial charge on any atom is -0.369 e. The van der Waals surface area contributed by atoms with Gasteiger partial charge in [-0.3, -0.25) is 4.90 Å². The van der Waals surface area contributed by atoms with Gasteiger partial charge >= 0.3 is 18.4 Å². The molecule has 2 N–H and O–H groups in total. The maximum atomic E-state index is 13.1. The van der Waals surface area contributed by atoms with Crippen molar-refractivity contribution < 1.29 is 36.2 Å². The molecule has 0 saturated carbocycles. The lowest BCUT2D eigenvalue weighted by atomic mass is 9.89. The maximum absolute atomic E-state index is 13.1. The highest BCUT2D eigenvalue weighted by atomic mass is 19.4. The van der Waals surface area contributed by atoms with E-state index in [1.807, 2.05) is 0 Å². The predicted octanol–water partition coefficient (Wildman–Crippen LogP) is 4.26. The number of fused-ring (bicyclic) bond motifs is 1. The zero-order valence-corrected chi connectivity index (χ0v) is 14.7. The lowest BCUT2D eigenvalue weighted by molar-refractivity contribution is -0.376. The first-order valence-electron chi connectivity index (χ1n) is 8.36. The van der Waals surface area contributed by atoms with Crippen LogP contribution < -0.4 is 10.2 Å². The van der Waals surface area contributed by atoms with E-state index in [1.54, 1.807) is 13.8 Å². The molecule has 0 radical (unpaired) electrons. The number of aliphatic hydroxyl groups is 1. The second kappa shape index (κ2) is 7.21. The van der Waals surface area contributed by atoms with Crippen molar-refractivity contribution in [3.63, 3.8) is 0 Å². The van der Waals surface area contributed by atoms with Crippen LogP contribution in [0.3, 0.4) is 0 Å². The monoisotopic (exact) mass is 398 g/mol. The van der Waals surface area contributed by atoms with E-state index in [0.29, 0.717) is 25.0 Å². The third kappa shape index (κ3) is 3.99. The number of halogens is 6. The topological polar surface area (TPSA) is 52.6 Å². The molecule has 1 aliphatic rings. The molecule has 1 aliphatic heterocycles. The molecular formula is C17H20F6N2O2. The SMILES string of the molecule is CC(C)NC(=O)N1CCCCc2cc(C(O)(C(F)(F)F)C(F)(F)F)ccc21. The van der Waals surface area contributed by atoms with Crippen LogP contribution in [0.25, 0.3) is 0 Å². The largest absolute Gasteiger partial charge is 0.430 e. The van der Waals surface area contributed by atoms with Crippen LogP contribution in [-0.2, 0) is 12.0 Å². The van der Waals surface area contributed by atoms with Crippen LogP contribution in [0.5, 0.6) is 0 Å². The van der Waals surface area contributed by atoms with Crippen molar-refractivity contribution in [2.75, 3.05) is 11.4 Å². The summed E-state index contributed by atoms with van der Waals surface area (Å²) in [6, 6.07) is 1.61. The first kappa shape index (κ1) is 21.3. The summed E-state index contributed by atoms with van der Waals surface area (Å²) >= 11 is 0. The van der Waals surface area contributed by atoms with Gasteiger partial charge in [0.15, 0.2) is 0 Å². The first-order valence-corrected chi connectivity index (χ1v) is 8.36. The van der Waals surface area contributed by atoms with Gasteiger partial charge in [0.05, 0.1) is 0 Å². The molecule has 0 fully saturated rings. The zero-order chi connectivity index (χ0) is 20.6. The summed E-state index contributed by atoms with van der Waals surface area (Å²) in [5.41, 5.74) is -5.91. The van der Waals surface area contributed by atoms with E-state index >= 15 is 0 Å². The molecule has 1 heterocycles. The lowest BCUT2D eigenvalue weighted by Crippen LogP contribution is -2.54. The number of hydrogen-bond donors (Lipinski definition) is 2. The fourth-order valence-electron chi connectivity index (χ4n) is 3.00. The van der Waals surface area contributed by atoms with Crippen molar-refractivity contribution in [2.24, 2.45) is 0 Å². The van der Waals surface area contributed by atoms with E-state index in [-0.39, 0.29) is 30.3 Å². The normalized spacial score (nSPS) is 16.1. The quantitative estimate of drug-likeness (QED) is 0.732. The van der Waals surface area contributed by atoms with Crippen molar-refractivity contribution in [1.82, 2.24) is 5.32 Å². The van der Waals surface area contributed by atoms with E-state index in [4.69, 9.17) is 0 Å². The molecule has 0 atom stereocenters. The molecule has 0 aliphatic carbocycles. The van der Waals surface area contributed by atoms with Gasteiger partial charge in [-0.05, 0) is 44.7 Å². The summed E-state index contributed by atoms with van der Waals surface area (Å²) in [6.45, 7) is 3.74. The summed E-state index contributed by atoms with van der Waals surface area (Å²) < 4.78 is 78.6. The number of nitrogens with zero attached hydrogens (tertiary/aromatic N) is 1. The molecule has 0 spiro atoms. The van der Waals surface area contributed by atoms with Gasteiger partial charge in [-0.15, -0.1) is 0 Å². The number of nitrogens with one attached hydrogen (secondary N) is 1. The van der Waals surface area contributed by atoms with Gasteiger partial charge in [0, 0.05) is 23.8 Å². The van der Waals surface area contributed by atoms with Crippen LogP contribution in [0.1, 0.15) is 37.8 Å². The fraction of sp³-hybridized carbons (Fsp3) is 0.588. The highest BCUT2D eigenvalue weighted by Gasteiger charge is 2.71. The van der Waals surface area contributed by atoms with E-state index in [0.717, 1.165) is 6.07 Å². The Labute approximate surface area is 152 Å². The maximum Gasteiger partial charge on any atom is 0.430 e. The second-order valence-electron chi connectivity index (χ2n) is 6.76. The van der Waals surface area contributed by atoms with Crippen molar-refractivity contribution in [2.45, 2.75) is 57.1 Å². The average Bonchev–Trinajstić information content (AvgIpc) is 2.72. The van der Waals surface area contributed by atoms with Crippen LogP contribution >= 0.6 is 0 Å². The molecule has 2 amide bonds. The van der Waals surface area contributed by atoms with Gasteiger partial charge in [0.2, 0.25) is 0 Å². The standard InChI is InChI=1S/C17H20F6N2O2/c1-10(2)24-14(26)25-8-4-3-5-11-9-12(6-7-13(11)25)15(27,16(18,19)20)17(21,22)23/h6-7,9-10,27H,3-5,8H2,1-2H3,(H,24,26). The van der Waals surface area contributed by atoms with Crippen LogP contribution in [0.4, 0.5) is 36.8 Å². The number of amides is 2. The number of benzene rings is 1. The van der Waals surface area contributed by atoms with Crippen LogP contribution in [0.2, 0.25) is 0 Å². The van der Waals surface area contributed by atoms with Crippen molar-refractivity contribution in [3.8, 4) is 0 Å². The Morgan fingerprint density at radius 3 is 2.22 bits per heavy atom. The number of carbonyl (C=O) groups is 1. The Kier molecular flexibility index (Phi) is 5.70. The summed E-state index contributed by atoms with van der Waals surface area (Å²) in [5.74, 6) is 0. The molecule has 0 saturated heterocycles. The third-order valence-corrected chi connectivity index (χ3v) is 4.34. The fourth-order valence-corrected chi connectivity index (χ4v) is 3.00. The van der Waals surface area contributed by atoms with Crippen LogP contribution in [0, 0.1) is 0 Å². The van der Waals surface area contributed by atoms with E-state index in [9.17, 15) is 36.2 Å². The summed E-state index contributed by atoms with van der Waals surface area (Å²) in [4.78, 5) is 13.6. The Morgan fingerprint density at radius 1 is 1.11 bits per heavy atom. The van der Waals surface area contributed by atoms with E-state index in [2.05, 4.69) is 5.32 Å². The Balaban J connectivity index is 2.54. The van der Waals surface area contributed by atoms with Gasteiger partial charge < -0.3 is 10.4 Å². The number of aryl methyl sites for hydroxylation is 1. The molecule has 152 valence electrons. The highest BCUT2D eigenvalue weighted by molar-refractivity contribution is 5.93. The van der Waals surface area contributed by atoms with Gasteiger partial charge in [0.25, 0.3) is 5.60 Å². The number of rotatable bonds is 2. The minimum atomic E-state index is -5.95. The summed E-state index contributed by atoms with van der Waals surface area (Å²) in [5, 5.41) is 12.2. The lowest BCUT2D eigenvalue weighted by Gasteiger charge is -2.33. The third-order valence-electron chi connectivity index (χ3n) is 4.34. The number of anilines is 1. The van der Waals surface area contributed by atoms with Gasteiger partial charge in [0.1, 0.15) is 0 Å². The van der Waals surface area contributed by atoms with Crippen molar-refractivity contribution >= 4 is 11.7 Å². The molecular weight excluding hydrogens is 378 g/mol.